The number of pyridine rings is 1. The topological polar surface area (TPSA) is 37.0 Å². The van der Waals surface area contributed by atoms with Gasteiger partial charge in [-0.15, -0.1) is 0 Å². The molecule has 2 heterocycles. The average Bonchev–Trinajstić information content (AvgIpc) is 2.83. The van der Waals surface area contributed by atoms with Crippen LogP contribution in [0.25, 0.3) is 0 Å². The minimum Gasteiger partial charge on any atom is -0.384 e. The van der Waals surface area contributed by atoms with Crippen LogP contribution in [0.5, 0.6) is 0 Å². The molecular weight excluding hydrogens is 230 g/mol. The first-order valence-electron chi connectivity index (χ1n) is 5.82. The Morgan fingerprint density at radius 1 is 1.24 bits per heavy atom. The lowest BCUT2D eigenvalue weighted by molar-refractivity contribution is 1.02. The first kappa shape index (κ1) is 11.9. The molecule has 2 N–H and O–H groups in total. The van der Waals surface area contributed by atoms with Gasteiger partial charge >= 0.3 is 0 Å². The van der Waals surface area contributed by atoms with Gasteiger partial charge in [0.2, 0.25) is 0 Å². The monoisotopic (exact) mass is 247 g/mol. The predicted molar refractivity (Wildman–Crippen MR) is 74.9 cm³/mol. The molecule has 0 aliphatic rings. The van der Waals surface area contributed by atoms with Crippen molar-refractivity contribution in [2.75, 3.05) is 23.7 Å². The Hall–Kier alpha value is -1.55. The molecule has 3 nitrogen and oxygen atoms in total. The van der Waals surface area contributed by atoms with E-state index in [-0.39, 0.29) is 0 Å². The van der Waals surface area contributed by atoms with E-state index in [2.05, 4.69) is 45.4 Å². The van der Waals surface area contributed by atoms with Crippen molar-refractivity contribution in [2.24, 2.45) is 0 Å². The van der Waals surface area contributed by atoms with E-state index in [1.165, 1.54) is 5.56 Å². The number of rotatable bonds is 6. The van der Waals surface area contributed by atoms with Gasteiger partial charge in [-0.1, -0.05) is 0 Å². The van der Waals surface area contributed by atoms with E-state index in [0.29, 0.717) is 0 Å². The number of nitrogens with one attached hydrogen (secondary N) is 2. The van der Waals surface area contributed by atoms with Gasteiger partial charge in [0.15, 0.2) is 0 Å². The summed E-state index contributed by atoms with van der Waals surface area (Å²) in [5.41, 5.74) is 3.52. The van der Waals surface area contributed by atoms with E-state index in [9.17, 15) is 0 Å². The molecule has 17 heavy (non-hydrogen) atoms. The van der Waals surface area contributed by atoms with E-state index < -0.39 is 0 Å². The van der Waals surface area contributed by atoms with Gasteiger partial charge in [-0.3, -0.25) is 4.98 Å². The Morgan fingerprint density at radius 2 is 2.06 bits per heavy atom. The first-order valence-corrected chi connectivity index (χ1v) is 6.76. The van der Waals surface area contributed by atoms with Gasteiger partial charge in [0.25, 0.3) is 0 Å². The molecular formula is C13H17N3S. The van der Waals surface area contributed by atoms with Crippen LogP contribution >= 0.6 is 11.3 Å². The lowest BCUT2D eigenvalue weighted by Gasteiger charge is -2.08. The lowest BCUT2D eigenvalue weighted by atomic mass is 10.2. The van der Waals surface area contributed by atoms with Gasteiger partial charge in [0.1, 0.15) is 0 Å². The summed E-state index contributed by atoms with van der Waals surface area (Å²) in [5.74, 6) is 0. The van der Waals surface area contributed by atoms with E-state index in [4.69, 9.17) is 0 Å². The zero-order valence-electron chi connectivity index (χ0n) is 9.94. The molecule has 2 aromatic heterocycles. The number of aromatic nitrogens is 1. The van der Waals surface area contributed by atoms with Crippen LogP contribution in [-0.2, 0) is 6.42 Å². The SMILES string of the molecule is CCNc1cncc(NCCc2ccsc2)c1. The summed E-state index contributed by atoms with van der Waals surface area (Å²) in [6.07, 6.45) is 4.75. The van der Waals surface area contributed by atoms with Crippen molar-refractivity contribution < 1.29 is 0 Å². The predicted octanol–water partition coefficient (Wildman–Crippen LogP) is 3.23. The number of nitrogens with zero attached hydrogens (tertiary/aromatic N) is 1. The number of anilines is 2. The van der Waals surface area contributed by atoms with Crippen LogP contribution in [0.4, 0.5) is 11.4 Å². The van der Waals surface area contributed by atoms with Crippen LogP contribution in [0.15, 0.2) is 35.3 Å². The second kappa shape index (κ2) is 6.25. The molecule has 0 fully saturated rings. The summed E-state index contributed by atoms with van der Waals surface area (Å²) >= 11 is 1.74. The fraction of sp³-hybridized carbons (Fsp3) is 0.308. The van der Waals surface area contributed by atoms with Crippen LogP contribution in [0.3, 0.4) is 0 Å². The van der Waals surface area contributed by atoms with Crippen molar-refractivity contribution in [3.8, 4) is 0 Å². The Bertz CT molecular complexity index is 440. The molecule has 0 atom stereocenters. The summed E-state index contributed by atoms with van der Waals surface area (Å²) in [7, 11) is 0. The molecule has 0 unspecified atom stereocenters. The van der Waals surface area contributed by atoms with Gasteiger partial charge in [-0.25, -0.2) is 0 Å². The standard InChI is InChI=1S/C13H17N3S/c1-2-15-12-7-13(9-14-8-12)16-5-3-11-4-6-17-10-11/h4,6-10,15-16H,2-3,5H2,1H3. The summed E-state index contributed by atoms with van der Waals surface area (Å²) in [6, 6.07) is 4.25. The lowest BCUT2D eigenvalue weighted by Crippen LogP contribution is -2.05. The third-order valence-electron chi connectivity index (χ3n) is 2.44. The highest BCUT2D eigenvalue weighted by atomic mass is 32.1. The van der Waals surface area contributed by atoms with Crippen LogP contribution < -0.4 is 10.6 Å². The minimum absolute atomic E-state index is 0.917. The maximum atomic E-state index is 4.20. The van der Waals surface area contributed by atoms with Crippen LogP contribution in [0, 0.1) is 0 Å². The number of thiophene rings is 1. The summed E-state index contributed by atoms with van der Waals surface area (Å²) in [4.78, 5) is 4.20. The second-order valence-electron chi connectivity index (χ2n) is 3.80. The Kier molecular flexibility index (Phi) is 4.38. The third kappa shape index (κ3) is 3.75. The van der Waals surface area contributed by atoms with Crippen molar-refractivity contribution in [3.05, 3.63) is 40.8 Å². The highest BCUT2D eigenvalue weighted by molar-refractivity contribution is 7.07. The number of hydrogen-bond donors (Lipinski definition) is 2. The number of hydrogen-bond acceptors (Lipinski definition) is 4. The smallest absolute Gasteiger partial charge is 0.0547 e. The molecule has 2 rings (SSSR count). The molecule has 0 radical (unpaired) electrons. The molecule has 0 aliphatic heterocycles. The fourth-order valence-corrected chi connectivity index (χ4v) is 2.33. The zero-order chi connectivity index (χ0) is 11.9. The van der Waals surface area contributed by atoms with Crippen LogP contribution in [0.1, 0.15) is 12.5 Å². The van der Waals surface area contributed by atoms with Gasteiger partial charge < -0.3 is 10.6 Å². The van der Waals surface area contributed by atoms with Gasteiger partial charge in [-0.2, -0.15) is 11.3 Å². The van der Waals surface area contributed by atoms with Crippen molar-refractivity contribution >= 4 is 22.7 Å². The normalized spacial score (nSPS) is 10.2. The first-order chi connectivity index (χ1) is 8.38. The molecule has 90 valence electrons. The molecule has 0 saturated heterocycles. The molecule has 0 saturated carbocycles. The third-order valence-corrected chi connectivity index (χ3v) is 3.17. The largest absolute Gasteiger partial charge is 0.384 e. The van der Waals surface area contributed by atoms with Crippen molar-refractivity contribution in [3.63, 3.8) is 0 Å². The average molecular weight is 247 g/mol. The molecule has 2 aromatic rings. The Balaban J connectivity index is 1.84. The summed E-state index contributed by atoms with van der Waals surface area (Å²) < 4.78 is 0. The Labute approximate surface area is 106 Å². The van der Waals surface area contributed by atoms with E-state index >= 15 is 0 Å². The maximum Gasteiger partial charge on any atom is 0.0547 e. The van der Waals surface area contributed by atoms with E-state index in [1.54, 1.807) is 11.3 Å². The van der Waals surface area contributed by atoms with Crippen LogP contribution in [0.2, 0.25) is 0 Å². The molecule has 0 spiro atoms. The molecule has 4 heteroatoms. The van der Waals surface area contributed by atoms with E-state index in [1.807, 2.05) is 12.4 Å². The highest BCUT2D eigenvalue weighted by Crippen LogP contribution is 2.13. The molecule has 0 aromatic carbocycles. The van der Waals surface area contributed by atoms with Gasteiger partial charge in [0.05, 0.1) is 23.8 Å². The van der Waals surface area contributed by atoms with Gasteiger partial charge in [-0.05, 0) is 41.8 Å². The summed E-state index contributed by atoms with van der Waals surface area (Å²) in [5, 5.41) is 10.9. The summed E-state index contributed by atoms with van der Waals surface area (Å²) in [6.45, 7) is 3.94. The molecule has 0 bridgehead atoms. The maximum absolute atomic E-state index is 4.20. The molecule has 0 amide bonds. The Morgan fingerprint density at radius 3 is 2.76 bits per heavy atom. The van der Waals surface area contributed by atoms with Gasteiger partial charge in [0, 0.05) is 13.1 Å². The van der Waals surface area contributed by atoms with Crippen LogP contribution in [-0.4, -0.2) is 18.1 Å². The quantitative estimate of drug-likeness (QED) is 0.823. The van der Waals surface area contributed by atoms with Crippen molar-refractivity contribution in [1.82, 2.24) is 4.98 Å². The van der Waals surface area contributed by atoms with Crippen molar-refractivity contribution in [2.45, 2.75) is 13.3 Å². The highest BCUT2D eigenvalue weighted by Gasteiger charge is 1.96. The van der Waals surface area contributed by atoms with Crippen molar-refractivity contribution in [1.29, 1.82) is 0 Å². The molecule has 0 aliphatic carbocycles. The second-order valence-corrected chi connectivity index (χ2v) is 4.58. The zero-order valence-corrected chi connectivity index (χ0v) is 10.8. The van der Waals surface area contributed by atoms with E-state index in [0.717, 1.165) is 30.9 Å². The minimum atomic E-state index is 0.917. The fourth-order valence-electron chi connectivity index (χ4n) is 1.62.